The second-order valence-electron chi connectivity index (χ2n) is 3.58. The summed E-state index contributed by atoms with van der Waals surface area (Å²) in [5.41, 5.74) is -0.364. The van der Waals surface area contributed by atoms with Crippen LogP contribution in [0.4, 0.5) is 0 Å². The number of carbonyl (C=O) groups is 2. The Kier molecular flexibility index (Phi) is 1.12. The molecule has 0 bridgehead atoms. The Morgan fingerprint density at radius 3 is 2.91 bits per heavy atom. The number of hydrogen-bond donors (Lipinski definition) is 0. The van der Waals surface area contributed by atoms with Gasteiger partial charge in [0.2, 0.25) is 0 Å². The van der Waals surface area contributed by atoms with Crippen molar-refractivity contribution in [1.29, 1.82) is 0 Å². The van der Waals surface area contributed by atoms with Crippen LogP contribution in [-0.4, -0.2) is 11.6 Å². The highest BCUT2D eigenvalue weighted by atomic mass is 16.1. The van der Waals surface area contributed by atoms with Gasteiger partial charge in [0.15, 0.2) is 5.78 Å². The Hall–Kier alpha value is -0.920. The first-order valence-corrected chi connectivity index (χ1v) is 3.90. The third kappa shape index (κ3) is 0.669. The van der Waals surface area contributed by atoms with Crippen LogP contribution in [0.15, 0.2) is 12.2 Å². The molecule has 2 nitrogen and oxygen atoms in total. The quantitative estimate of drug-likeness (QED) is 0.518. The van der Waals surface area contributed by atoms with Crippen molar-refractivity contribution in [3.8, 4) is 0 Å². The van der Waals surface area contributed by atoms with Crippen LogP contribution in [0.2, 0.25) is 0 Å². The van der Waals surface area contributed by atoms with Crippen molar-refractivity contribution in [1.82, 2.24) is 0 Å². The summed E-state index contributed by atoms with van der Waals surface area (Å²) in [6.45, 7) is 1.89. The first-order chi connectivity index (χ1) is 5.14. The van der Waals surface area contributed by atoms with Gasteiger partial charge in [0.25, 0.3) is 0 Å². The molecule has 0 heterocycles. The van der Waals surface area contributed by atoms with Gasteiger partial charge >= 0.3 is 0 Å². The Morgan fingerprint density at radius 1 is 1.55 bits per heavy atom. The zero-order valence-corrected chi connectivity index (χ0v) is 6.46. The largest absolute Gasteiger partial charge is 0.299 e. The molecule has 2 aliphatic carbocycles. The van der Waals surface area contributed by atoms with E-state index in [1.807, 2.05) is 6.92 Å². The van der Waals surface area contributed by atoms with Crippen molar-refractivity contribution in [2.75, 3.05) is 0 Å². The average Bonchev–Trinajstić information content (AvgIpc) is 2.39. The molecule has 2 heteroatoms. The topological polar surface area (TPSA) is 34.1 Å². The molecule has 1 fully saturated rings. The molecule has 0 saturated heterocycles. The van der Waals surface area contributed by atoms with Crippen LogP contribution in [0.1, 0.15) is 19.8 Å². The monoisotopic (exact) mass is 150 g/mol. The van der Waals surface area contributed by atoms with E-state index in [4.69, 9.17) is 0 Å². The SMILES string of the molecule is CC12CCC(=O)C1C=CC2=O. The Labute approximate surface area is 65.3 Å². The smallest absolute Gasteiger partial charge is 0.162 e. The number of fused-ring (bicyclic) bond motifs is 1. The molecule has 2 aliphatic rings. The van der Waals surface area contributed by atoms with Gasteiger partial charge < -0.3 is 0 Å². The Bertz CT molecular complexity index is 265. The molecule has 0 amide bonds. The van der Waals surface area contributed by atoms with E-state index in [0.717, 1.165) is 6.42 Å². The highest BCUT2D eigenvalue weighted by molar-refractivity contribution is 6.05. The lowest BCUT2D eigenvalue weighted by Crippen LogP contribution is -2.26. The lowest BCUT2D eigenvalue weighted by atomic mass is 9.81. The van der Waals surface area contributed by atoms with E-state index < -0.39 is 0 Å². The fraction of sp³-hybridized carbons (Fsp3) is 0.556. The van der Waals surface area contributed by atoms with Crippen LogP contribution < -0.4 is 0 Å². The summed E-state index contributed by atoms with van der Waals surface area (Å²) >= 11 is 0. The average molecular weight is 150 g/mol. The third-order valence-electron chi connectivity index (χ3n) is 2.93. The fourth-order valence-corrected chi connectivity index (χ4v) is 2.02. The molecule has 0 radical (unpaired) electrons. The molecule has 2 unspecified atom stereocenters. The van der Waals surface area contributed by atoms with Crippen LogP contribution in [0.3, 0.4) is 0 Å². The van der Waals surface area contributed by atoms with Gasteiger partial charge in [0.05, 0.1) is 0 Å². The molecule has 2 atom stereocenters. The van der Waals surface area contributed by atoms with Gasteiger partial charge in [0, 0.05) is 17.8 Å². The third-order valence-corrected chi connectivity index (χ3v) is 2.93. The zero-order chi connectivity index (χ0) is 8.06. The molecule has 0 aromatic carbocycles. The van der Waals surface area contributed by atoms with Gasteiger partial charge in [-0.05, 0) is 12.5 Å². The highest BCUT2D eigenvalue weighted by Crippen LogP contribution is 2.46. The minimum atomic E-state index is -0.364. The van der Waals surface area contributed by atoms with E-state index in [2.05, 4.69) is 0 Å². The van der Waals surface area contributed by atoms with E-state index in [9.17, 15) is 9.59 Å². The molecule has 0 spiro atoms. The standard InChI is InChI=1S/C9H10O2/c1-9-5-4-7(10)6(9)2-3-8(9)11/h2-3,6H,4-5H2,1H3. The van der Waals surface area contributed by atoms with E-state index in [-0.39, 0.29) is 22.9 Å². The first-order valence-electron chi connectivity index (χ1n) is 3.90. The number of hydrogen-bond acceptors (Lipinski definition) is 2. The maximum atomic E-state index is 11.3. The molecule has 0 aromatic heterocycles. The van der Waals surface area contributed by atoms with Crippen LogP contribution in [0.25, 0.3) is 0 Å². The van der Waals surface area contributed by atoms with Gasteiger partial charge in [-0.1, -0.05) is 13.0 Å². The molecule has 2 rings (SSSR count). The number of Topliss-reactive ketones (excluding diaryl/α,β-unsaturated/α-hetero) is 1. The summed E-state index contributed by atoms with van der Waals surface area (Å²) in [6, 6.07) is 0. The van der Waals surface area contributed by atoms with Crippen molar-refractivity contribution < 1.29 is 9.59 Å². The maximum absolute atomic E-state index is 11.3. The fourth-order valence-electron chi connectivity index (χ4n) is 2.02. The summed E-state index contributed by atoms with van der Waals surface area (Å²) < 4.78 is 0. The molecule has 11 heavy (non-hydrogen) atoms. The molecule has 0 aromatic rings. The van der Waals surface area contributed by atoms with Crippen molar-refractivity contribution in [3.63, 3.8) is 0 Å². The summed E-state index contributed by atoms with van der Waals surface area (Å²) in [6.07, 6.45) is 4.64. The lowest BCUT2D eigenvalue weighted by Gasteiger charge is -2.19. The normalized spacial score (nSPS) is 41.7. The van der Waals surface area contributed by atoms with Crippen LogP contribution in [-0.2, 0) is 9.59 Å². The predicted molar refractivity (Wildman–Crippen MR) is 40.0 cm³/mol. The molecular weight excluding hydrogens is 140 g/mol. The minimum absolute atomic E-state index is 0.102. The lowest BCUT2D eigenvalue weighted by molar-refractivity contribution is -0.127. The van der Waals surface area contributed by atoms with Crippen molar-refractivity contribution >= 4 is 11.6 Å². The number of allylic oxidation sites excluding steroid dienone is 2. The van der Waals surface area contributed by atoms with Crippen molar-refractivity contribution in [2.45, 2.75) is 19.8 Å². The van der Waals surface area contributed by atoms with E-state index in [1.54, 1.807) is 12.2 Å². The molecule has 1 saturated carbocycles. The Balaban J connectivity index is 2.44. The van der Waals surface area contributed by atoms with E-state index >= 15 is 0 Å². The molecule has 0 aliphatic heterocycles. The van der Waals surface area contributed by atoms with E-state index in [1.165, 1.54) is 0 Å². The van der Waals surface area contributed by atoms with Crippen LogP contribution >= 0.6 is 0 Å². The molecule has 0 N–H and O–H groups in total. The zero-order valence-electron chi connectivity index (χ0n) is 6.46. The molecule has 58 valence electrons. The van der Waals surface area contributed by atoms with Crippen molar-refractivity contribution in [2.24, 2.45) is 11.3 Å². The van der Waals surface area contributed by atoms with Gasteiger partial charge in [0.1, 0.15) is 5.78 Å². The highest BCUT2D eigenvalue weighted by Gasteiger charge is 2.50. The summed E-state index contributed by atoms with van der Waals surface area (Å²) in [4.78, 5) is 22.5. The van der Waals surface area contributed by atoms with Crippen LogP contribution in [0.5, 0.6) is 0 Å². The van der Waals surface area contributed by atoms with Gasteiger partial charge in [-0.25, -0.2) is 0 Å². The summed E-state index contributed by atoms with van der Waals surface area (Å²) in [7, 11) is 0. The maximum Gasteiger partial charge on any atom is 0.162 e. The predicted octanol–water partition coefficient (Wildman–Crippen LogP) is 1.11. The first kappa shape index (κ1) is 6.77. The number of rotatable bonds is 0. The van der Waals surface area contributed by atoms with Gasteiger partial charge in [-0.3, -0.25) is 9.59 Å². The van der Waals surface area contributed by atoms with Gasteiger partial charge in [-0.15, -0.1) is 0 Å². The Morgan fingerprint density at radius 2 is 2.27 bits per heavy atom. The van der Waals surface area contributed by atoms with Crippen LogP contribution in [0, 0.1) is 11.3 Å². The molecular formula is C9H10O2. The van der Waals surface area contributed by atoms with E-state index in [0.29, 0.717) is 6.42 Å². The summed E-state index contributed by atoms with van der Waals surface area (Å²) in [5, 5.41) is 0. The second kappa shape index (κ2) is 1.81. The number of ketones is 2. The van der Waals surface area contributed by atoms with Gasteiger partial charge in [-0.2, -0.15) is 0 Å². The van der Waals surface area contributed by atoms with Crippen molar-refractivity contribution in [3.05, 3.63) is 12.2 Å². The second-order valence-corrected chi connectivity index (χ2v) is 3.58. The minimum Gasteiger partial charge on any atom is -0.299 e. The summed E-state index contributed by atoms with van der Waals surface area (Å²) in [5.74, 6) is 0.262. The number of carbonyl (C=O) groups excluding carboxylic acids is 2.